The number of Topliss-reactive ketones (excluding diaryl/α,β-unsaturated/α-hetero) is 2. The van der Waals surface area contributed by atoms with E-state index in [4.69, 9.17) is 23.7 Å². The van der Waals surface area contributed by atoms with Crippen molar-refractivity contribution < 1.29 is 56.8 Å². The minimum Gasteiger partial charge on any atom is -0.493 e. The predicted molar refractivity (Wildman–Crippen MR) is 211 cm³/mol. The first kappa shape index (κ1) is 45.5. The smallest absolute Gasteiger partial charge is 0.374 e. The lowest BCUT2D eigenvalue weighted by Gasteiger charge is -2.31. The zero-order valence-electron chi connectivity index (χ0n) is 33.3. The fourth-order valence-corrected chi connectivity index (χ4v) is 5.51. The van der Waals surface area contributed by atoms with E-state index in [1.807, 2.05) is 12.1 Å². The molecule has 0 aliphatic carbocycles. The minimum atomic E-state index is -1.56. The maximum absolute atomic E-state index is 15.5. The second-order valence-corrected chi connectivity index (χ2v) is 14.1. The van der Waals surface area contributed by atoms with Crippen LogP contribution in [0.5, 0.6) is 5.75 Å². The Morgan fingerprint density at radius 3 is 1.67 bits per heavy atom. The lowest BCUT2D eigenvalue weighted by molar-refractivity contribution is -0.168. The number of hydrogen-bond acceptors (Lipinski definition) is 11. The molecule has 57 heavy (non-hydrogen) atoms. The molecule has 0 atom stereocenters. The third kappa shape index (κ3) is 14.3. The van der Waals surface area contributed by atoms with Crippen LogP contribution < -0.4 is 4.74 Å². The average Bonchev–Trinajstić information content (AvgIpc) is 3.18. The maximum Gasteiger partial charge on any atom is 0.374 e. The van der Waals surface area contributed by atoms with Crippen LogP contribution in [-0.4, -0.2) is 61.9 Å². The van der Waals surface area contributed by atoms with Gasteiger partial charge in [-0.05, 0) is 78.8 Å². The Balaban J connectivity index is 1.92. The van der Waals surface area contributed by atoms with Crippen LogP contribution >= 0.6 is 0 Å². The van der Waals surface area contributed by atoms with Crippen LogP contribution in [-0.2, 0) is 60.7 Å². The first-order valence-corrected chi connectivity index (χ1v) is 18.7. The lowest BCUT2D eigenvalue weighted by atomic mass is 9.92. The van der Waals surface area contributed by atoms with Crippen molar-refractivity contribution >= 4 is 35.4 Å². The molecule has 0 unspecified atom stereocenters. The molecule has 0 aliphatic rings. The van der Waals surface area contributed by atoms with Crippen molar-refractivity contribution in [2.45, 2.75) is 79.8 Å². The zero-order chi connectivity index (χ0) is 42.1. The minimum absolute atomic E-state index is 0.0650. The molecule has 0 saturated carbocycles. The molecule has 0 spiro atoms. The van der Waals surface area contributed by atoms with Crippen LogP contribution in [0, 0.1) is 11.2 Å². The van der Waals surface area contributed by atoms with E-state index in [0.717, 1.165) is 51.5 Å². The summed E-state index contributed by atoms with van der Waals surface area (Å²) >= 11 is 0. The van der Waals surface area contributed by atoms with Gasteiger partial charge in [-0.15, -0.1) is 0 Å². The van der Waals surface area contributed by atoms with Gasteiger partial charge in [0.2, 0.25) is 11.6 Å². The predicted octanol–water partition coefficient (Wildman–Crippen LogP) is 8.04. The number of ether oxygens (including phenoxy) is 5. The number of carbonyl (C=O) groups is 6. The molecular formula is C45H51FO11. The molecule has 11 nitrogen and oxygen atoms in total. The number of halogens is 1. The van der Waals surface area contributed by atoms with Gasteiger partial charge in [0, 0.05) is 30.6 Å². The molecule has 3 rings (SSSR count). The second kappa shape index (κ2) is 22.0. The summed E-state index contributed by atoms with van der Waals surface area (Å²) in [5.74, 6) is -5.58. The quantitative estimate of drug-likeness (QED) is 0.0302. The number of unbranched alkanes of at least 4 members (excludes halogenated alkanes) is 4. The highest BCUT2D eigenvalue weighted by atomic mass is 19.1. The molecule has 0 amide bonds. The summed E-state index contributed by atoms with van der Waals surface area (Å²) in [6.07, 6.45) is 6.41. The van der Waals surface area contributed by atoms with Crippen molar-refractivity contribution in [3.05, 3.63) is 102 Å². The van der Waals surface area contributed by atoms with Crippen LogP contribution in [0.15, 0.2) is 85.0 Å². The molecule has 0 radical (unpaired) electrons. The Bertz CT molecular complexity index is 1890. The summed E-state index contributed by atoms with van der Waals surface area (Å²) in [5, 5.41) is 0. The molecule has 0 aromatic heterocycles. The molecule has 12 heteroatoms. The van der Waals surface area contributed by atoms with Crippen molar-refractivity contribution in [2.75, 3.05) is 26.4 Å². The van der Waals surface area contributed by atoms with Gasteiger partial charge in [0.1, 0.15) is 50.0 Å². The fourth-order valence-electron chi connectivity index (χ4n) is 5.51. The number of esters is 4. The fraction of sp³-hybridized carbons (Fsp3) is 0.378. The van der Waals surface area contributed by atoms with Crippen LogP contribution in [0.4, 0.5) is 4.39 Å². The Morgan fingerprint density at radius 2 is 1.12 bits per heavy atom. The Morgan fingerprint density at radius 1 is 0.596 bits per heavy atom. The molecular weight excluding hydrogens is 735 g/mol. The van der Waals surface area contributed by atoms with Crippen molar-refractivity contribution in [3.63, 3.8) is 0 Å². The summed E-state index contributed by atoms with van der Waals surface area (Å²) in [4.78, 5) is 72.2. The average molecular weight is 787 g/mol. The SMILES string of the molecule is C=C(C)C(=O)OCc1cc(-c2ccc(CCCCCCC)cc2F)ccc1-c1ccc(OCC(COC(=O)C(=C)C)(COC(=O)C(C)=O)COC(=O)C(C)=O)cc1. The van der Waals surface area contributed by atoms with Crippen LogP contribution in [0.25, 0.3) is 22.3 Å². The lowest BCUT2D eigenvalue weighted by Crippen LogP contribution is -2.45. The van der Waals surface area contributed by atoms with Gasteiger partial charge in [0.05, 0.1) is 0 Å². The molecule has 0 N–H and O–H groups in total. The van der Waals surface area contributed by atoms with Crippen molar-refractivity contribution in [3.8, 4) is 28.0 Å². The van der Waals surface area contributed by atoms with Gasteiger partial charge in [-0.1, -0.05) is 82.2 Å². The number of ketones is 2. The van der Waals surface area contributed by atoms with Crippen LogP contribution in [0.2, 0.25) is 0 Å². The molecule has 0 fully saturated rings. The first-order chi connectivity index (χ1) is 27.1. The highest BCUT2D eigenvalue weighted by Crippen LogP contribution is 2.33. The van der Waals surface area contributed by atoms with E-state index in [2.05, 4.69) is 20.1 Å². The summed E-state index contributed by atoms with van der Waals surface area (Å²) in [6.45, 7) is 12.2. The van der Waals surface area contributed by atoms with Gasteiger partial charge < -0.3 is 23.7 Å². The van der Waals surface area contributed by atoms with E-state index in [1.54, 1.807) is 55.5 Å². The molecule has 304 valence electrons. The Kier molecular flexibility index (Phi) is 17.5. The van der Waals surface area contributed by atoms with Crippen LogP contribution in [0.3, 0.4) is 0 Å². The molecule has 0 heterocycles. The van der Waals surface area contributed by atoms with E-state index in [1.165, 1.54) is 13.3 Å². The van der Waals surface area contributed by atoms with E-state index >= 15 is 4.39 Å². The van der Waals surface area contributed by atoms with Crippen molar-refractivity contribution in [1.82, 2.24) is 0 Å². The molecule has 0 aliphatic heterocycles. The van der Waals surface area contributed by atoms with Crippen LogP contribution in [0.1, 0.15) is 77.8 Å². The maximum atomic E-state index is 15.5. The number of aryl methyl sites for hydroxylation is 1. The van der Waals surface area contributed by atoms with E-state index in [9.17, 15) is 28.8 Å². The normalized spacial score (nSPS) is 10.9. The highest BCUT2D eigenvalue weighted by Gasteiger charge is 2.38. The van der Waals surface area contributed by atoms with Crippen molar-refractivity contribution in [2.24, 2.45) is 5.41 Å². The monoisotopic (exact) mass is 786 g/mol. The summed E-state index contributed by atoms with van der Waals surface area (Å²) in [5.41, 5.74) is 2.67. The van der Waals surface area contributed by atoms with E-state index in [0.29, 0.717) is 33.6 Å². The third-order valence-electron chi connectivity index (χ3n) is 8.89. The van der Waals surface area contributed by atoms with E-state index in [-0.39, 0.29) is 30.2 Å². The van der Waals surface area contributed by atoms with Gasteiger partial charge in [-0.2, -0.15) is 0 Å². The number of carbonyl (C=O) groups excluding carboxylic acids is 6. The standard InChI is InChI=1S/C45H51FO11/c1-8-9-10-11-12-13-33-14-20-39(40(46)22-33)35-17-21-38(36(23-35)24-53-41(49)29(2)3)34-15-18-37(19-16-34)54-25-45(26-55-42(50)30(4)5,27-56-43(51)31(6)47)28-57-44(52)32(7)48/h14-23H,2,4,8-13,24-28H2,1,3,5-7H3. The number of rotatable bonds is 23. The topological polar surface area (TPSA) is 149 Å². The number of hydrogen-bond donors (Lipinski definition) is 0. The van der Waals surface area contributed by atoms with Gasteiger partial charge in [0.25, 0.3) is 0 Å². The molecule has 3 aromatic rings. The number of benzene rings is 3. The molecule has 0 saturated heterocycles. The summed E-state index contributed by atoms with van der Waals surface area (Å²) < 4.78 is 42.7. The largest absolute Gasteiger partial charge is 0.493 e. The van der Waals surface area contributed by atoms with Gasteiger partial charge >= 0.3 is 23.9 Å². The summed E-state index contributed by atoms with van der Waals surface area (Å²) in [7, 11) is 0. The second-order valence-electron chi connectivity index (χ2n) is 14.1. The van der Waals surface area contributed by atoms with Crippen molar-refractivity contribution in [1.29, 1.82) is 0 Å². The molecule has 0 bridgehead atoms. The first-order valence-electron chi connectivity index (χ1n) is 18.7. The van der Waals surface area contributed by atoms with Gasteiger partial charge in [-0.3, -0.25) is 9.59 Å². The zero-order valence-corrected chi connectivity index (χ0v) is 33.3. The Labute approximate surface area is 333 Å². The highest BCUT2D eigenvalue weighted by molar-refractivity contribution is 6.32. The third-order valence-corrected chi connectivity index (χ3v) is 8.89. The van der Waals surface area contributed by atoms with E-state index < -0.39 is 60.7 Å². The summed E-state index contributed by atoms with van der Waals surface area (Å²) in [6, 6.07) is 17.4. The van der Waals surface area contributed by atoms with Gasteiger partial charge in [-0.25, -0.2) is 23.6 Å². The Hall–Kier alpha value is -5.91. The molecule has 3 aromatic carbocycles. The van der Waals surface area contributed by atoms with Gasteiger partial charge in [0.15, 0.2) is 0 Å².